The van der Waals surface area contributed by atoms with Crippen LogP contribution in [0.25, 0.3) is 0 Å². The number of carbonyl (C=O) groups is 2. The summed E-state index contributed by atoms with van der Waals surface area (Å²) in [5, 5.41) is 14.2. The van der Waals surface area contributed by atoms with Crippen molar-refractivity contribution in [1.82, 2.24) is 10.6 Å². The van der Waals surface area contributed by atoms with Gasteiger partial charge in [-0.25, -0.2) is 9.59 Å². The average Bonchev–Trinajstić information content (AvgIpc) is 2.51. The van der Waals surface area contributed by atoms with Crippen LogP contribution in [0.2, 0.25) is 0 Å². The van der Waals surface area contributed by atoms with Crippen molar-refractivity contribution in [1.29, 1.82) is 0 Å². The first-order chi connectivity index (χ1) is 10.9. The highest BCUT2D eigenvalue weighted by Gasteiger charge is 2.20. The number of carboxylic acids is 1. The highest BCUT2D eigenvalue weighted by molar-refractivity contribution is 5.82. The second-order valence-electron chi connectivity index (χ2n) is 5.54. The van der Waals surface area contributed by atoms with Crippen molar-refractivity contribution < 1.29 is 24.2 Å². The van der Waals surface area contributed by atoms with E-state index in [1.165, 1.54) is 7.11 Å². The lowest BCUT2D eigenvalue weighted by molar-refractivity contribution is -0.139. The summed E-state index contributed by atoms with van der Waals surface area (Å²) in [6, 6.07) is 3.87. The van der Waals surface area contributed by atoms with Crippen LogP contribution in [-0.2, 0) is 11.3 Å². The summed E-state index contributed by atoms with van der Waals surface area (Å²) in [6.45, 7) is 4.05. The van der Waals surface area contributed by atoms with E-state index in [2.05, 4.69) is 10.6 Å². The number of methoxy groups -OCH3 is 2. The van der Waals surface area contributed by atoms with Gasteiger partial charge in [-0.1, -0.05) is 19.9 Å². The molecular formula is C16H24N2O5. The Bertz CT molecular complexity index is 545. The van der Waals surface area contributed by atoms with Crippen molar-refractivity contribution in [3.05, 3.63) is 23.8 Å². The van der Waals surface area contributed by atoms with Crippen molar-refractivity contribution in [2.75, 3.05) is 14.2 Å². The lowest BCUT2D eigenvalue weighted by atomic mass is 10.0. The summed E-state index contributed by atoms with van der Waals surface area (Å²) >= 11 is 0. The molecule has 128 valence electrons. The molecule has 23 heavy (non-hydrogen) atoms. The Morgan fingerprint density at radius 1 is 1.17 bits per heavy atom. The molecule has 0 bridgehead atoms. The first kappa shape index (κ1) is 18.6. The van der Waals surface area contributed by atoms with Crippen molar-refractivity contribution in [3.8, 4) is 11.5 Å². The number of hydrogen-bond donors (Lipinski definition) is 3. The molecule has 0 saturated carbocycles. The van der Waals surface area contributed by atoms with E-state index in [9.17, 15) is 9.59 Å². The van der Waals surface area contributed by atoms with E-state index < -0.39 is 18.0 Å². The topological polar surface area (TPSA) is 96.9 Å². The molecule has 2 amide bonds. The third kappa shape index (κ3) is 6.06. The van der Waals surface area contributed by atoms with Crippen LogP contribution in [0.15, 0.2) is 18.2 Å². The third-order valence-electron chi connectivity index (χ3n) is 3.21. The fourth-order valence-corrected chi connectivity index (χ4v) is 2.08. The Morgan fingerprint density at radius 2 is 1.83 bits per heavy atom. The van der Waals surface area contributed by atoms with Gasteiger partial charge in [0.25, 0.3) is 0 Å². The zero-order valence-electron chi connectivity index (χ0n) is 13.9. The molecule has 0 unspecified atom stereocenters. The molecule has 1 aromatic rings. The van der Waals surface area contributed by atoms with Gasteiger partial charge in [-0.2, -0.15) is 0 Å². The van der Waals surface area contributed by atoms with Gasteiger partial charge >= 0.3 is 12.0 Å². The lowest BCUT2D eigenvalue weighted by Gasteiger charge is -2.17. The lowest BCUT2D eigenvalue weighted by Crippen LogP contribution is -2.46. The highest BCUT2D eigenvalue weighted by atomic mass is 16.5. The van der Waals surface area contributed by atoms with E-state index >= 15 is 0 Å². The second-order valence-corrected chi connectivity index (χ2v) is 5.54. The van der Waals surface area contributed by atoms with Crippen molar-refractivity contribution in [3.63, 3.8) is 0 Å². The average molecular weight is 324 g/mol. The maximum absolute atomic E-state index is 11.8. The molecule has 1 aromatic carbocycles. The van der Waals surface area contributed by atoms with E-state index in [0.29, 0.717) is 17.9 Å². The number of rotatable bonds is 8. The molecule has 0 saturated heterocycles. The highest BCUT2D eigenvalue weighted by Crippen LogP contribution is 2.27. The molecule has 3 N–H and O–H groups in total. The molecule has 1 atom stereocenters. The quantitative estimate of drug-likeness (QED) is 0.679. The molecule has 7 nitrogen and oxygen atoms in total. The van der Waals surface area contributed by atoms with Crippen molar-refractivity contribution in [2.45, 2.75) is 32.9 Å². The molecular weight excluding hydrogens is 300 g/mol. The molecule has 0 aromatic heterocycles. The van der Waals surface area contributed by atoms with Crippen LogP contribution in [-0.4, -0.2) is 37.4 Å². The van der Waals surface area contributed by atoms with Crippen LogP contribution in [0.4, 0.5) is 4.79 Å². The summed E-state index contributed by atoms with van der Waals surface area (Å²) in [5.74, 6) is 0.293. The summed E-state index contributed by atoms with van der Waals surface area (Å²) in [6.07, 6.45) is 0.374. The Kier molecular flexibility index (Phi) is 7.18. The molecule has 0 aliphatic rings. The summed E-state index contributed by atoms with van der Waals surface area (Å²) in [4.78, 5) is 23.0. The SMILES string of the molecule is COc1ccc(CNC(=O)N[C@@H](CC(C)C)C(=O)O)cc1OC. The van der Waals surface area contributed by atoms with E-state index in [1.807, 2.05) is 13.8 Å². The number of carboxylic acid groups (broad SMARTS) is 1. The van der Waals surface area contributed by atoms with Gasteiger partial charge in [-0.15, -0.1) is 0 Å². The normalized spacial score (nSPS) is 11.7. The number of amides is 2. The maximum Gasteiger partial charge on any atom is 0.326 e. The van der Waals surface area contributed by atoms with Crippen molar-refractivity contribution >= 4 is 12.0 Å². The van der Waals surface area contributed by atoms with Crippen LogP contribution in [0, 0.1) is 5.92 Å². The van der Waals surface area contributed by atoms with Crippen molar-refractivity contribution in [2.24, 2.45) is 5.92 Å². The van der Waals surface area contributed by atoms with Gasteiger partial charge in [-0.05, 0) is 30.0 Å². The van der Waals surface area contributed by atoms with E-state index in [-0.39, 0.29) is 12.5 Å². The van der Waals surface area contributed by atoms with Gasteiger partial charge in [0.05, 0.1) is 14.2 Å². The number of carbonyl (C=O) groups excluding carboxylic acids is 1. The monoisotopic (exact) mass is 324 g/mol. The Hall–Kier alpha value is -2.44. The summed E-state index contributed by atoms with van der Waals surface area (Å²) in [5.41, 5.74) is 0.813. The minimum Gasteiger partial charge on any atom is -0.493 e. The van der Waals surface area contributed by atoms with Crippen LogP contribution < -0.4 is 20.1 Å². The van der Waals surface area contributed by atoms with Gasteiger partial charge in [0, 0.05) is 6.54 Å². The summed E-state index contributed by atoms with van der Waals surface area (Å²) < 4.78 is 10.3. The van der Waals surface area contributed by atoms with Crippen LogP contribution in [0.3, 0.4) is 0 Å². The van der Waals surface area contributed by atoms with Crippen LogP contribution >= 0.6 is 0 Å². The predicted molar refractivity (Wildman–Crippen MR) is 85.8 cm³/mol. The number of hydrogen-bond acceptors (Lipinski definition) is 4. The Balaban J connectivity index is 2.60. The second kappa shape index (κ2) is 8.87. The van der Waals surface area contributed by atoms with E-state index in [0.717, 1.165) is 5.56 Å². The van der Waals surface area contributed by atoms with E-state index in [1.54, 1.807) is 25.3 Å². The standard InChI is InChI=1S/C16H24N2O5/c1-10(2)7-12(15(19)20)18-16(21)17-9-11-5-6-13(22-3)14(8-11)23-4/h5-6,8,10,12H,7,9H2,1-4H3,(H,19,20)(H2,17,18,21)/t12-/m0/s1. The van der Waals surface area contributed by atoms with Gasteiger partial charge in [0.2, 0.25) is 0 Å². The number of aliphatic carboxylic acids is 1. The van der Waals surface area contributed by atoms with Gasteiger partial charge < -0.3 is 25.2 Å². The maximum atomic E-state index is 11.8. The molecule has 0 radical (unpaired) electrons. The fourth-order valence-electron chi connectivity index (χ4n) is 2.08. The molecule has 0 fully saturated rings. The largest absolute Gasteiger partial charge is 0.493 e. The van der Waals surface area contributed by atoms with Gasteiger partial charge in [0.15, 0.2) is 11.5 Å². The zero-order chi connectivity index (χ0) is 17.4. The van der Waals surface area contributed by atoms with Gasteiger partial charge in [-0.3, -0.25) is 0 Å². The number of urea groups is 1. The fraction of sp³-hybridized carbons (Fsp3) is 0.500. The molecule has 0 heterocycles. The molecule has 0 aliphatic carbocycles. The molecule has 1 rings (SSSR count). The number of ether oxygens (including phenoxy) is 2. The molecule has 0 spiro atoms. The van der Waals surface area contributed by atoms with Crippen LogP contribution in [0.1, 0.15) is 25.8 Å². The number of nitrogens with one attached hydrogen (secondary N) is 2. The minimum absolute atomic E-state index is 0.169. The van der Waals surface area contributed by atoms with Crippen LogP contribution in [0.5, 0.6) is 11.5 Å². The minimum atomic E-state index is -1.04. The predicted octanol–water partition coefficient (Wildman–Crippen LogP) is 2.00. The zero-order valence-corrected chi connectivity index (χ0v) is 13.9. The molecule has 7 heteroatoms. The Morgan fingerprint density at radius 3 is 2.35 bits per heavy atom. The Labute approximate surface area is 136 Å². The first-order valence-corrected chi connectivity index (χ1v) is 7.35. The number of benzene rings is 1. The summed E-state index contributed by atoms with van der Waals surface area (Å²) in [7, 11) is 3.08. The smallest absolute Gasteiger partial charge is 0.326 e. The molecule has 0 aliphatic heterocycles. The third-order valence-corrected chi connectivity index (χ3v) is 3.21. The first-order valence-electron chi connectivity index (χ1n) is 7.35. The van der Waals surface area contributed by atoms with Gasteiger partial charge in [0.1, 0.15) is 6.04 Å². The van der Waals surface area contributed by atoms with E-state index in [4.69, 9.17) is 14.6 Å².